The Balaban J connectivity index is 1.55. The summed E-state index contributed by atoms with van der Waals surface area (Å²) in [5, 5.41) is 2.87. The van der Waals surface area contributed by atoms with Gasteiger partial charge >= 0.3 is 0 Å². The van der Waals surface area contributed by atoms with Crippen LogP contribution in [0, 0.1) is 5.82 Å². The lowest BCUT2D eigenvalue weighted by Gasteiger charge is -2.24. The van der Waals surface area contributed by atoms with Gasteiger partial charge in [0, 0.05) is 24.3 Å². The van der Waals surface area contributed by atoms with Gasteiger partial charge in [-0.3, -0.25) is 9.59 Å². The Morgan fingerprint density at radius 1 is 1.09 bits per heavy atom. The van der Waals surface area contributed by atoms with E-state index in [2.05, 4.69) is 5.32 Å². The van der Waals surface area contributed by atoms with E-state index in [1.54, 1.807) is 60.7 Å². The number of anilines is 1. The van der Waals surface area contributed by atoms with Gasteiger partial charge in [0.25, 0.3) is 11.8 Å². The zero-order chi connectivity index (χ0) is 23.7. The molecule has 0 unspecified atom stereocenters. The number of fused-ring (bicyclic) bond motifs is 2. The SMILES string of the molecule is O=C(NC[C@H]1CCCO1)c1ccc2c(c1)N(Cc1ccccc1F)C(=O)c1ccccc1[S@@]2=O. The third-order valence-electron chi connectivity index (χ3n) is 6.07. The maximum Gasteiger partial charge on any atom is 0.259 e. The number of carbonyl (C=O) groups excluding carboxylic acids is 2. The van der Waals surface area contributed by atoms with Gasteiger partial charge in [-0.15, -0.1) is 0 Å². The molecule has 2 aliphatic rings. The van der Waals surface area contributed by atoms with Crippen molar-refractivity contribution in [2.24, 2.45) is 0 Å². The first-order valence-electron chi connectivity index (χ1n) is 11.1. The maximum atomic E-state index is 14.5. The highest BCUT2D eigenvalue weighted by atomic mass is 32.2. The zero-order valence-electron chi connectivity index (χ0n) is 18.3. The van der Waals surface area contributed by atoms with Crippen molar-refractivity contribution in [3.05, 3.63) is 89.2 Å². The van der Waals surface area contributed by atoms with Crippen molar-refractivity contribution >= 4 is 28.3 Å². The first-order chi connectivity index (χ1) is 16.5. The van der Waals surface area contributed by atoms with E-state index in [4.69, 9.17) is 4.74 Å². The van der Waals surface area contributed by atoms with Gasteiger partial charge < -0.3 is 15.0 Å². The summed E-state index contributed by atoms with van der Waals surface area (Å²) in [6, 6.07) is 17.7. The number of nitrogens with one attached hydrogen (secondary N) is 1. The molecule has 8 heteroatoms. The number of nitrogens with zero attached hydrogens (tertiary/aromatic N) is 1. The standard InChI is InChI=1S/C26H23FN2O4S/c27-21-9-3-1-6-18(21)16-29-22-14-17(25(30)28-15-19-7-5-13-33-19)11-12-24(22)34(32)23-10-4-2-8-20(23)26(29)31/h1-4,6,8-12,14,19H,5,7,13,15-16H2,(H,28,30)/t19-,34+/m1/s1. The van der Waals surface area contributed by atoms with Crippen molar-refractivity contribution in [2.75, 3.05) is 18.1 Å². The van der Waals surface area contributed by atoms with E-state index in [1.165, 1.54) is 11.0 Å². The second-order valence-corrected chi connectivity index (χ2v) is 9.69. The number of halogens is 1. The highest BCUT2D eigenvalue weighted by Crippen LogP contribution is 2.36. The third kappa shape index (κ3) is 4.26. The molecule has 1 saturated heterocycles. The number of hydrogen-bond acceptors (Lipinski definition) is 4. The highest BCUT2D eigenvalue weighted by Gasteiger charge is 2.32. The van der Waals surface area contributed by atoms with Crippen molar-refractivity contribution in [2.45, 2.75) is 35.3 Å². The Morgan fingerprint density at radius 3 is 2.68 bits per heavy atom. The van der Waals surface area contributed by atoms with Crippen LogP contribution in [0.15, 0.2) is 76.5 Å². The fourth-order valence-electron chi connectivity index (χ4n) is 4.27. The average Bonchev–Trinajstić information content (AvgIpc) is 3.37. The summed E-state index contributed by atoms with van der Waals surface area (Å²) in [5.74, 6) is -1.16. The van der Waals surface area contributed by atoms with Crippen LogP contribution >= 0.6 is 0 Å². The zero-order valence-corrected chi connectivity index (χ0v) is 19.1. The minimum absolute atomic E-state index is 0.00841. The summed E-state index contributed by atoms with van der Waals surface area (Å²) in [6.45, 7) is 1.02. The lowest BCUT2D eigenvalue weighted by Crippen LogP contribution is -2.33. The van der Waals surface area contributed by atoms with Crippen LogP contribution in [-0.2, 0) is 22.1 Å². The van der Waals surface area contributed by atoms with E-state index >= 15 is 0 Å². The number of rotatable bonds is 5. The molecule has 2 atom stereocenters. The second kappa shape index (κ2) is 9.48. The molecular weight excluding hydrogens is 455 g/mol. The fourth-order valence-corrected chi connectivity index (χ4v) is 5.62. The van der Waals surface area contributed by atoms with Gasteiger partial charge in [0.2, 0.25) is 0 Å². The van der Waals surface area contributed by atoms with Crippen molar-refractivity contribution < 1.29 is 22.9 Å². The van der Waals surface area contributed by atoms with Crippen LogP contribution in [0.3, 0.4) is 0 Å². The molecule has 0 saturated carbocycles. The van der Waals surface area contributed by atoms with Gasteiger partial charge in [-0.2, -0.15) is 0 Å². The molecule has 1 fully saturated rings. The minimum atomic E-state index is -1.65. The minimum Gasteiger partial charge on any atom is -0.376 e. The highest BCUT2D eigenvalue weighted by molar-refractivity contribution is 7.85. The number of carbonyl (C=O) groups is 2. The Labute approximate surface area is 199 Å². The number of ether oxygens (including phenoxy) is 1. The molecule has 2 heterocycles. The molecular formula is C26H23FN2O4S. The summed E-state index contributed by atoms with van der Waals surface area (Å²) in [4.78, 5) is 28.6. The maximum absolute atomic E-state index is 14.5. The lowest BCUT2D eigenvalue weighted by molar-refractivity contribution is 0.0857. The number of benzene rings is 3. The topological polar surface area (TPSA) is 75.7 Å². The van der Waals surface area contributed by atoms with Crippen LogP contribution < -0.4 is 10.2 Å². The molecule has 0 spiro atoms. The second-order valence-electron chi connectivity index (χ2n) is 8.28. The predicted molar refractivity (Wildman–Crippen MR) is 126 cm³/mol. The van der Waals surface area contributed by atoms with E-state index in [0.717, 1.165) is 12.8 Å². The summed E-state index contributed by atoms with van der Waals surface area (Å²) >= 11 is 0. The Morgan fingerprint density at radius 2 is 1.88 bits per heavy atom. The van der Waals surface area contributed by atoms with Crippen molar-refractivity contribution in [1.82, 2.24) is 5.32 Å². The first-order valence-corrected chi connectivity index (χ1v) is 12.3. The van der Waals surface area contributed by atoms with Gasteiger partial charge in [-0.1, -0.05) is 30.3 Å². The quantitative estimate of drug-likeness (QED) is 0.600. The summed E-state index contributed by atoms with van der Waals surface area (Å²) < 4.78 is 33.5. The molecule has 2 aliphatic heterocycles. The third-order valence-corrected chi connectivity index (χ3v) is 7.57. The molecule has 174 valence electrons. The van der Waals surface area contributed by atoms with E-state index in [1.807, 2.05) is 0 Å². The van der Waals surface area contributed by atoms with Crippen LogP contribution in [0.4, 0.5) is 10.1 Å². The predicted octanol–water partition coefficient (Wildman–Crippen LogP) is 4.06. The number of hydrogen-bond donors (Lipinski definition) is 1. The monoisotopic (exact) mass is 478 g/mol. The molecule has 34 heavy (non-hydrogen) atoms. The van der Waals surface area contributed by atoms with Crippen molar-refractivity contribution in [3.8, 4) is 0 Å². The molecule has 1 N–H and O–H groups in total. The van der Waals surface area contributed by atoms with Crippen LogP contribution in [-0.4, -0.2) is 35.3 Å². The lowest BCUT2D eigenvalue weighted by atomic mass is 10.1. The molecule has 0 radical (unpaired) electrons. The largest absolute Gasteiger partial charge is 0.376 e. The number of amides is 2. The summed E-state index contributed by atoms with van der Waals surface area (Å²) in [6.07, 6.45) is 1.86. The van der Waals surface area contributed by atoms with E-state index in [0.29, 0.717) is 39.8 Å². The molecule has 5 rings (SSSR count). The van der Waals surface area contributed by atoms with E-state index in [9.17, 15) is 18.2 Å². The molecule has 3 aromatic rings. The van der Waals surface area contributed by atoms with Crippen molar-refractivity contribution in [1.29, 1.82) is 0 Å². The summed E-state index contributed by atoms with van der Waals surface area (Å²) in [5.41, 5.74) is 1.26. The Bertz CT molecular complexity index is 1290. The average molecular weight is 479 g/mol. The van der Waals surface area contributed by atoms with Gasteiger partial charge in [0.1, 0.15) is 5.82 Å². The molecule has 0 aliphatic carbocycles. The molecule has 6 nitrogen and oxygen atoms in total. The van der Waals surface area contributed by atoms with Crippen molar-refractivity contribution in [3.63, 3.8) is 0 Å². The van der Waals surface area contributed by atoms with Gasteiger partial charge in [-0.25, -0.2) is 8.60 Å². The van der Waals surface area contributed by atoms with Gasteiger partial charge in [0.05, 0.1) is 44.5 Å². The van der Waals surface area contributed by atoms with Gasteiger partial charge in [-0.05, 0) is 49.2 Å². The van der Waals surface area contributed by atoms with Gasteiger partial charge in [0.15, 0.2) is 0 Å². The van der Waals surface area contributed by atoms with Crippen LogP contribution in [0.2, 0.25) is 0 Å². The molecule has 0 bridgehead atoms. The smallest absolute Gasteiger partial charge is 0.259 e. The Hall–Kier alpha value is -3.36. The Kier molecular flexibility index (Phi) is 6.26. The molecule has 0 aromatic heterocycles. The van der Waals surface area contributed by atoms with Crippen LogP contribution in [0.25, 0.3) is 0 Å². The molecule has 3 aromatic carbocycles. The molecule has 2 amide bonds. The van der Waals surface area contributed by atoms with E-state index in [-0.39, 0.29) is 24.1 Å². The first kappa shape index (κ1) is 22.4. The fraction of sp³-hybridized carbons (Fsp3) is 0.231. The summed E-state index contributed by atoms with van der Waals surface area (Å²) in [7, 11) is -1.65. The van der Waals surface area contributed by atoms with E-state index < -0.39 is 22.5 Å². The van der Waals surface area contributed by atoms with Crippen LogP contribution in [0.1, 0.15) is 39.1 Å². The normalized spacial score (nSPS) is 19.3. The van der Waals surface area contributed by atoms with Crippen LogP contribution in [0.5, 0.6) is 0 Å².